The lowest BCUT2D eigenvalue weighted by Crippen LogP contribution is -2.14. The Morgan fingerprint density at radius 2 is 1.67 bits per heavy atom. The first kappa shape index (κ1) is 15.7. The van der Waals surface area contributed by atoms with Gasteiger partial charge in [-0.15, -0.1) is 0 Å². The Balaban J connectivity index is 2.62. The molecule has 0 N–H and O–H groups in total. The quantitative estimate of drug-likeness (QED) is 0.409. The first-order valence-electron chi connectivity index (χ1n) is 7.15. The number of rotatable bonds is 2. The van der Waals surface area contributed by atoms with Gasteiger partial charge in [0, 0.05) is 10.8 Å². The lowest BCUT2D eigenvalue weighted by atomic mass is 9.93. The number of carbonyl (C=O) groups is 2. The van der Waals surface area contributed by atoms with E-state index < -0.39 is 17.6 Å². The van der Waals surface area contributed by atoms with Crippen LogP contribution < -0.4 is 5.63 Å². The van der Waals surface area contributed by atoms with E-state index in [2.05, 4.69) is 0 Å². The fourth-order valence-electron chi connectivity index (χ4n) is 2.82. The lowest BCUT2D eigenvalue weighted by Gasteiger charge is -2.13. The molecule has 0 bridgehead atoms. The summed E-state index contributed by atoms with van der Waals surface area (Å²) in [4.78, 5) is 36.7. The van der Waals surface area contributed by atoms with Crippen LogP contribution in [0.5, 0.6) is 0 Å². The van der Waals surface area contributed by atoms with Crippen LogP contribution in [0.1, 0.15) is 26.3 Å². The molecule has 24 heavy (non-hydrogen) atoms. The van der Waals surface area contributed by atoms with Crippen LogP contribution in [0.4, 0.5) is 0 Å². The molecule has 3 aromatic rings. The van der Waals surface area contributed by atoms with Crippen LogP contribution in [0.2, 0.25) is 0 Å². The standard InChI is InChI=1S/C18H14O6/c1-9-11(16(19)22-2)8-12-15(14(9)18(21)23-3)10-6-4-5-7-13(10)24-17(12)20/h4-8H,1-3H3. The lowest BCUT2D eigenvalue weighted by molar-refractivity contribution is 0.0599. The summed E-state index contributed by atoms with van der Waals surface area (Å²) in [6, 6.07) is 8.27. The number of esters is 2. The van der Waals surface area contributed by atoms with E-state index in [1.807, 2.05) is 0 Å². The van der Waals surface area contributed by atoms with Crippen molar-refractivity contribution in [3.8, 4) is 0 Å². The Morgan fingerprint density at radius 1 is 1.00 bits per heavy atom. The van der Waals surface area contributed by atoms with Crippen molar-refractivity contribution < 1.29 is 23.5 Å². The van der Waals surface area contributed by atoms with Gasteiger partial charge in [-0.3, -0.25) is 0 Å². The van der Waals surface area contributed by atoms with Gasteiger partial charge in [0.1, 0.15) is 5.58 Å². The van der Waals surface area contributed by atoms with E-state index in [9.17, 15) is 14.4 Å². The van der Waals surface area contributed by atoms with Crippen molar-refractivity contribution in [3.63, 3.8) is 0 Å². The molecule has 0 saturated heterocycles. The minimum atomic E-state index is -0.646. The Bertz CT molecular complexity index is 1040. The van der Waals surface area contributed by atoms with E-state index in [1.165, 1.54) is 20.3 Å². The van der Waals surface area contributed by atoms with Crippen molar-refractivity contribution in [2.24, 2.45) is 0 Å². The summed E-state index contributed by atoms with van der Waals surface area (Å²) in [6.07, 6.45) is 0. The smallest absolute Gasteiger partial charge is 0.344 e. The van der Waals surface area contributed by atoms with Gasteiger partial charge in [-0.2, -0.15) is 0 Å². The van der Waals surface area contributed by atoms with Crippen molar-refractivity contribution in [2.45, 2.75) is 6.92 Å². The second-order valence-electron chi connectivity index (χ2n) is 5.22. The molecule has 0 aliphatic rings. The van der Waals surface area contributed by atoms with Gasteiger partial charge in [0.2, 0.25) is 0 Å². The fraction of sp³-hybridized carbons (Fsp3) is 0.167. The van der Waals surface area contributed by atoms with Gasteiger partial charge in [-0.25, -0.2) is 14.4 Å². The highest BCUT2D eigenvalue weighted by molar-refractivity contribution is 6.17. The maximum atomic E-state index is 12.4. The number of ether oxygens (including phenoxy) is 2. The van der Waals surface area contributed by atoms with E-state index >= 15 is 0 Å². The topological polar surface area (TPSA) is 82.8 Å². The number of para-hydroxylation sites is 1. The summed E-state index contributed by atoms with van der Waals surface area (Å²) in [5, 5.41) is 1.12. The number of methoxy groups -OCH3 is 2. The van der Waals surface area contributed by atoms with Crippen LogP contribution in [0.15, 0.2) is 39.5 Å². The summed E-state index contributed by atoms with van der Waals surface area (Å²) in [5.74, 6) is -1.29. The van der Waals surface area contributed by atoms with Crippen LogP contribution in [-0.4, -0.2) is 26.2 Å². The molecule has 0 unspecified atom stereocenters. The molecule has 122 valence electrons. The molecule has 0 amide bonds. The van der Waals surface area contributed by atoms with Gasteiger partial charge in [0.15, 0.2) is 0 Å². The third-order valence-electron chi connectivity index (χ3n) is 3.96. The van der Waals surface area contributed by atoms with Crippen LogP contribution >= 0.6 is 0 Å². The van der Waals surface area contributed by atoms with E-state index in [4.69, 9.17) is 13.9 Å². The zero-order valence-electron chi connectivity index (χ0n) is 13.3. The molecule has 0 aliphatic carbocycles. The molecule has 6 heteroatoms. The molecule has 1 aromatic heterocycles. The van der Waals surface area contributed by atoms with Gasteiger partial charge in [0.05, 0.1) is 30.7 Å². The molecule has 0 aliphatic heterocycles. The van der Waals surface area contributed by atoms with Crippen molar-refractivity contribution in [2.75, 3.05) is 14.2 Å². The van der Waals surface area contributed by atoms with Gasteiger partial charge in [-0.1, -0.05) is 18.2 Å². The van der Waals surface area contributed by atoms with Crippen molar-refractivity contribution in [3.05, 3.63) is 57.4 Å². The molecular weight excluding hydrogens is 312 g/mol. The number of carbonyl (C=O) groups excluding carboxylic acids is 2. The third kappa shape index (κ3) is 2.23. The Morgan fingerprint density at radius 3 is 2.33 bits per heavy atom. The maximum Gasteiger partial charge on any atom is 0.344 e. The highest BCUT2D eigenvalue weighted by atomic mass is 16.5. The van der Waals surface area contributed by atoms with Crippen LogP contribution in [-0.2, 0) is 9.47 Å². The summed E-state index contributed by atoms with van der Waals surface area (Å²) in [5.41, 5.74) is 0.369. The second-order valence-corrected chi connectivity index (χ2v) is 5.22. The highest BCUT2D eigenvalue weighted by Gasteiger charge is 2.24. The molecule has 6 nitrogen and oxygen atoms in total. The molecule has 1 heterocycles. The van der Waals surface area contributed by atoms with E-state index in [-0.39, 0.29) is 16.5 Å². The SMILES string of the molecule is COC(=O)c1cc2c(=O)oc3ccccc3c2c(C(=O)OC)c1C. The maximum absolute atomic E-state index is 12.4. The van der Waals surface area contributed by atoms with Gasteiger partial charge in [-0.05, 0) is 24.6 Å². The molecular formula is C18H14O6. The van der Waals surface area contributed by atoms with Crippen LogP contribution in [0.25, 0.3) is 21.7 Å². The zero-order valence-corrected chi connectivity index (χ0v) is 13.3. The third-order valence-corrected chi connectivity index (χ3v) is 3.96. The minimum Gasteiger partial charge on any atom is -0.465 e. The molecule has 0 saturated carbocycles. The molecule has 0 fully saturated rings. The monoisotopic (exact) mass is 326 g/mol. The second kappa shape index (κ2) is 5.81. The van der Waals surface area contributed by atoms with Crippen molar-refractivity contribution in [1.82, 2.24) is 0 Å². The first-order chi connectivity index (χ1) is 11.5. The highest BCUT2D eigenvalue weighted by Crippen LogP contribution is 2.31. The van der Waals surface area contributed by atoms with Gasteiger partial charge in [0.25, 0.3) is 0 Å². The molecule has 3 rings (SSSR count). The molecule has 2 aromatic carbocycles. The number of hydrogen-bond donors (Lipinski definition) is 0. The number of hydrogen-bond acceptors (Lipinski definition) is 6. The average Bonchev–Trinajstić information content (AvgIpc) is 2.60. The Hall–Kier alpha value is -3.15. The fourth-order valence-corrected chi connectivity index (χ4v) is 2.82. The average molecular weight is 326 g/mol. The molecule has 0 spiro atoms. The number of benzene rings is 2. The van der Waals surface area contributed by atoms with E-state index in [0.717, 1.165) is 0 Å². The first-order valence-corrected chi connectivity index (χ1v) is 7.15. The normalized spacial score (nSPS) is 10.8. The van der Waals surface area contributed by atoms with E-state index in [1.54, 1.807) is 31.2 Å². The molecule has 0 radical (unpaired) electrons. The minimum absolute atomic E-state index is 0.119. The Labute approximate surface area is 136 Å². The largest absolute Gasteiger partial charge is 0.465 e. The van der Waals surface area contributed by atoms with E-state index in [0.29, 0.717) is 21.9 Å². The summed E-state index contributed by atoms with van der Waals surface area (Å²) >= 11 is 0. The Kier molecular flexibility index (Phi) is 3.81. The summed E-state index contributed by atoms with van der Waals surface area (Å²) in [6.45, 7) is 1.61. The summed E-state index contributed by atoms with van der Waals surface area (Å²) in [7, 11) is 2.47. The van der Waals surface area contributed by atoms with Crippen molar-refractivity contribution >= 4 is 33.7 Å². The predicted molar refractivity (Wildman–Crippen MR) is 87.4 cm³/mol. The molecule has 0 atom stereocenters. The van der Waals surface area contributed by atoms with Crippen LogP contribution in [0, 0.1) is 6.92 Å². The van der Waals surface area contributed by atoms with Crippen molar-refractivity contribution in [1.29, 1.82) is 0 Å². The van der Waals surface area contributed by atoms with Gasteiger partial charge >= 0.3 is 17.6 Å². The number of fused-ring (bicyclic) bond motifs is 3. The predicted octanol–water partition coefficient (Wildman–Crippen LogP) is 2.83. The zero-order chi connectivity index (χ0) is 17.4. The van der Waals surface area contributed by atoms with Gasteiger partial charge < -0.3 is 13.9 Å². The van der Waals surface area contributed by atoms with Crippen LogP contribution in [0.3, 0.4) is 0 Å². The summed E-state index contributed by atoms with van der Waals surface area (Å²) < 4.78 is 14.9.